The molecule has 0 saturated carbocycles. The highest BCUT2D eigenvalue weighted by molar-refractivity contribution is 5.89. The molecule has 0 unspecified atom stereocenters. The number of carbonyl (C=O) groups excluding carboxylic acids is 2. The number of carbonyl (C=O) groups is 2. The van der Waals surface area contributed by atoms with Crippen LogP contribution < -0.4 is 5.32 Å². The average molecular weight is 460 g/mol. The van der Waals surface area contributed by atoms with Crippen LogP contribution in [0.15, 0.2) is 79.1 Å². The number of hydrogen-bond donors (Lipinski definition) is 1. The van der Waals surface area contributed by atoms with Crippen molar-refractivity contribution in [2.75, 3.05) is 6.54 Å². The Bertz CT molecular complexity index is 1100. The van der Waals surface area contributed by atoms with Crippen LogP contribution in [0.25, 0.3) is 0 Å². The van der Waals surface area contributed by atoms with Gasteiger partial charge in [0, 0.05) is 18.8 Å². The summed E-state index contributed by atoms with van der Waals surface area (Å²) in [5.41, 5.74) is 3.87. The third-order valence-corrected chi connectivity index (χ3v) is 6.33. The molecule has 1 aliphatic heterocycles. The van der Waals surface area contributed by atoms with Crippen LogP contribution in [-0.2, 0) is 16.0 Å². The molecule has 1 saturated heterocycles. The zero-order chi connectivity index (χ0) is 24.1. The normalized spacial score (nSPS) is 18.6. The highest BCUT2D eigenvalue weighted by Gasteiger charge is 2.40. The van der Waals surface area contributed by atoms with E-state index in [0.717, 1.165) is 16.7 Å². The smallest absolute Gasteiger partial charge is 0.243 e. The zero-order valence-electron chi connectivity index (χ0n) is 19.5. The van der Waals surface area contributed by atoms with E-state index < -0.39 is 18.3 Å². The second-order valence-corrected chi connectivity index (χ2v) is 9.10. The van der Waals surface area contributed by atoms with Crippen LogP contribution in [0, 0.1) is 0 Å². The second-order valence-electron chi connectivity index (χ2n) is 9.10. The molecule has 0 bridgehead atoms. The lowest BCUT2D eigenvalue weighted by Crippen LogP contribution is -2.47. The van der Waals surface area contributed by atoms with Crippen molar-refractivity contribution in [2.45, 2.75) is 50.9 Å². The van der Waals surface area contributed by atoms with Crippen LogP contribution in [0.3, 0.4) is 0 Å². The number of amides is 2. The maximum absolute atomic E-state index is 14.4. The summed E-state index contributed by atoms with van der Waals surface area (Å²) in [4.78, 5) is 31.7. The topological polar surface area (TPSA) is 62.3 Å². The Balaban J connectivity index is 1.55. The molecule has 176 valence electrons. The molecule has 1 aliphatic rings. The van der Waals surface area contributed by atoms with Crippen LogP contribution in [0.5, 0.6) is 0 Å². The van der Waals surface area contributed by atoms with Crippen molar-refractivity contribution in [3.63, 3.8) is 0 Å². The van der Waals surface area contributed by atoms with Crippen molar-refractivity contribution in [3.05, 3.63) is 101 Å². The first kappa shape index (κ1) is 23.6. The van der Waals surface area contributed by atoms with Crippen molar-refractivity contribution >= 4 is 11.8 Å². The SMILES string of the molecule is CC(C)c1ccc([C@@H](NC(=O)[C@@H]2C[C@@H](F)CN2C(=O)Cc2ccncc2)c2ccccc2)cc1. The minimum absolute atomic E-state index is 0.00170. The van der Waals surface area contributed by atoms with Crippen molar-refractivity contribution in [1.82, 2.24) is 15.2 Å². The van der Waals surface area contributed by atoms with Gasteiger partial charge >= 0.3 is 0 Å². The molecule has 0 spiro atoms. The molecule has 34 heavy (non-hydrogen) atoms. The van der Waals surface area contributed by atoms with E-state index in [1.165, 1.54) is 10.5 Å². The maximum atomic E-state index is 14.4. The minimum atomic E-state index is -1.22. The van der Waals surface area contributed by atoms with Crippen molar-refractivity contribution in [1.29, 1.82) is 0 Å². The van der Waals surface area contributed by atoms with Gasteiger partial charge in [-0.2, -0.15) is 0 Å². The quantitative estimate of drug-likeness (QED) is 0.562. The van der Waals surface area contributed by atoms with Crippen LogP contribution in [0.1, 0.15) is 54.5 Å². The lowest BCUT2D eigenvalue weighted by molar-refractivity contribution is -0.138. The first-order valence-electron chi connectivity index (χ1n) is 11.7. The highest BCUT2D eigenvalue weighted by atomic mass is 19.1. The molecule has 4 rings (SSSR count). The number of alkyl halides is 1. The molecule has 2 heterocycles. The molecule has 5 nitrogen and oxygen atoms in total. The summed E-state index contributed by atoms with van der Waals surface area (Å²) in [7, 11) is 0. The molecule has 0 radical (unpaired) electrons. The lowest BCUT2D eigenvalue weighted by atomic mass is 9.95. The minimum Gasteiger partial charge on any atom is -0.343 e. The van der Waals surface area contributed by atoms with Crippen molar-refractivity contribution < 1.29 is 14.0 Å². The molecule has 3 atom stereocenters. The Morgan fingerprint density at radius 2 is 1.59 bits per heavy atom. The fourth-order valence-corrected chi connectivity index (χ4v) is 4.40. The molecular weight excluding hydrogens is 429 g/mol. The predicted octanol–water partition coefficient (Wildman–Crippen LogP) is 4.59. The Hall–Kier alpha value is -3.54. The Labute approximate surface area is 200 Å². The number of halogens is 1. The summed E-state index contributed by atoms with van der Waals surface area (Å²) in [6.07, 6.45) is 2.12. The molecule has 1 aromatic heterocycles. The third kappa shape index (κ3) is 5.50. The molecule has 6 heteroatoms. The highest BCUT2D eigenvalue weighted by Crippen LogP contribution is 2.27. The van der Waals surface area contributed by atoms with E-state index in [2.05, 4.69) is 36.3 Å². The number of aromatic nitrogens is 1. The number of nitrogens with one attached hydrogen (secondary N) is 1. The van der Waals surface area contributed by atoms with Crippen LogP contribution in [-0.4, -0.2) is 40.5 Å². The number of likely N-dealkylation sites (tertiary alicyclic amines) is 1. The van der Waals surface area contributed by atoms with E-state index in [4.69, 9.17) is 0 Å². The predicted molar refractivity (Wildman–Crippen MR) is 130 cm³/mol. The lowest BCUT2D eigenvalue weighted by Gasteiger charge is -2.27. The van der Waals surface area contributed by atoms with Gasteiger partial charge < -0.3 is 10.2 Å². The number of rotatable bonds is 7. The second kappa shape index (κ2) is 10.6. The van der Waals surface area contributed by atoms with Crippen molar-refractivity contribution in [2.24, 2.45) is 0 Å². The van der Waals surface area contributed by atoms with Gasteiger partial charge in [-0.25, -0.2) is 4.39 Å². The van der Waals surface area contributed by atoms with Gasteiger partial charge in [0.15, 0.2) is 0 Å². The van der Waals surface area contributed by atoms with E-state index in [-0.39, 0.29) is 31.2 Å². The maximum Gasteiger partial charge on any atom is 0.243 e. The van der Waals surface area contributed by atoms with E-state index in [1.54, 1.807) is 24.5 Å². The van der Waals surface area contributed by atoms with Gasteiger partial charge in [0.2, 0.25) is 11.8 Å². The summed E-state index contributed by atoms with van der Waals surface area (Å²) in [5.74, 6) is -0.201. The molecule has 0 aliphatic carbocycles. The Kier molecular flexibility index (Phi) is 7.36. The summed E-state index contributed by atoms with van der Waals surface area (Å²) in [5, 5.41) is 3.10. The summed E-state index contributed by atoms with van der Waals surface area (Å²) < 4.78 is 14.4. The fraction of sp³-hybridized carbons (Fsp3) is 0.321. The van der Waals surface area contributed by atoms with Gasteiger partial charge in [0.25, 0.3) is 0 Å². The first-order chi connectivity index (χ1) is 16.4. The van der Waals surface area contributed by atoms with Gasteiger partial charge in [-0.3, -0.25) is 14.6 Å². The van der Waals surface area contributed by atoms with Crippen LogP contribution >= 0.6 is 0 Å². The van der Waals surface area contributed by atoms with Crippen LogP contribution in [0.2, 0.25) is 0 Å². The monoisotopic (exact) mass is 459 g/mol. The van der Waals surface area contributed by atoms with Gasteiger partial charge in [-0.15, -0.1) is 0 Å². The van der Waals surface area contributed by atoms with Gasteiger partial charge in [0.05, 0.1) is 19.0 Å². The summed E-state index contributed by atoms with van der Waals surface area (Å²) >= 11 is 0. The molecule has 1 fully saturated rings. The molecule has 2 amide bonds. The molecular formula is C28H30FN3O2. The number of benzene rings is 2. The number of nitrogens with zero attached hydrogens (tertiary/aromatic N) is 2. The first-order valence-corrected chi connectivity index (χ1v) is 11.7. The Morgan fingerprint density at radius 3 is 2.24 bits per heavy atom. The largest absolute Gasteiger partial charge is 0.343 e. The van der Waals surface area contributed by atoms with Gasteiger partial charge in [0.1, 0.15) is 12.2 Å². The van der Waals surface area contributed by atoms with Gasteiger partial charge in [-0.1, -0.05) is 68.4 Å². The van der Waals surface area contributed by atoms with E-state index >= 15 is 0 Å². The Morgan fingerprint density at radius 1 is 0.971 bits per heavy atom. The molecule has 1 N–H and O–H groups in total. The van der Waals surface area contributed by atoms with Crippen LogP contribution in [0.4, 0.5) is 4.39 Å². The summed E-state index contributed by atoms with van der Waals surface area (Å²) in [6.45, 7) is 4.20. The van der Waals surface area contributed by atoms with E-state index in [0.29, 0.717) is 5.92 Å². The fourth-order valence-electron chi connectivity index (χ4n) is 4.40. The molecule has 3 aromatic rings. The standard InChI is InChI=1S/C28H30FN3O2/c1-19(2)21-8-10-23(11-9-21)27(22-6-4-3-5-7-22)31-28(34)25-17-24(29)18-32(25)26(33)16-20-12-14-30-15-13-20/h3-15,19,24-25,27H,16-18H2,1-2H3,(H,31,34)/t24-,25+,27+/m1/s1. The number of hydrogen-bond acceptors (Lipinski definition) is 3. The average Bonchev–Trinajstić information content (AvgIpc) is 3.25. The van der Waals surface area contributed by atoms with Crippen molar-refractivity contribution in [3.8, 4) is 0 Å². The zero-order valence-corrected chi connectivity index (χ0v) is 19.5. The van der Waals surface area contributed by atoms with Gasteiger partial charge in [-0.05, 0) is 40.3 Å². The number of pyridine rings is 1. The molecule has 2 aromatic carbocycles. The van der Waals surface area contributed by atoms with E-state index in [1.807, 2.05) is 42.5 Å². The third-order valence-electron chi connectivity index (χ3n) is 6.33. The summed E-state index contributed by atoms with van der Waals surface area (Å²) in [6, 6.07) is 20.1. The van der Waals surface area contributed by atoms with E-state index in [9.17, 15) is 14.0 Å².